The Bertz CT molecular complexity index is 988. The highest BCUT2D eigenvalue weighted by molar-refractivity contribution is 5.95. The minimum atomic E-state index is -0.310. The van der Waals surface area contributed by atoms with Gasteiger partial charge >= 0.3 is 0 Å². The second-order valence-corrected chi connectivity index (χ2v) is 7.24. The van der Waals surface area contributed by atoms with Crippen LogP contribution < -0.4 is 20.1 Å². The summed E-state index contributed by atoms with van der Waals surface area (Å²) in [5.74, 6) is 1.91. The predicted molar refractivity (Wildman–Crippen MR) is 114 cm³/mol. The third kappa shape index (κ3) is 4.78. The van der Waals surface area contributed by atoms with Crippen LogP contribution >= 0.6 is 0 Å². The molecule has 0 unspecified atom stereocenters. The van der Waals surface area contributed by atoms with Gasteiger partial charge in [-0.2, -0.15) is 0 Å². The highest BCUT2D eigenvalue weighted by Crippen LogP contribution is 2.28. The van der Waals surface area contributed by atoms with E-state index in [1.165, 1.54) is 17.7 Å². The van der Waals surface area contributed by atoms with Crippen LogP contribution in [0.25, 0.3) is 0 Å². The summed E-state index contributed by atoms with van der Waals surface area (Å²) in [5, 5.41) is 6.25. The summed E-state index contributed by atoms with van der Waals surface area (Å²) in [6, 6.07) is 20.7. The summed E-state index contributed by atoms with van der Waals surface area (Å²) < 4.78 is 23.8. The van der Waals surface area contributed by atoms with Gasteiger partial charge in [0.15, 0.2) is 0 Å². The smallest absolute Gasteiger partial charge is 0.241 e. The van der Waals surface area contributed by atoms with Crippen molar-refractivity contribution >= 4 is 11.6 Å². The van der Waals surface area contributed by atoms with Crippen molar-refractivity contribution in [2.24, 2.45) is 0 Å². The molecule has 0 bridgehead atoms. The van der Waals surface area contributed by atoms with Crippen LogP contribution in [0.5, 0.6) is 17.2 Å². The maximum Gasteiger partial charge on any atom is 0.241 e. The molecule has 1 aliphatic heterocycles. The fourth-order valence-electron chi connectivity index (χ4n) is 3.54. The number of hydrogen-bond acceptors (Lipinski definition) is 4. The predicted octanol–water partition coefficient (Wildman–Crippen LogP) is 4.71. The number of methoxy groups -OCH3 is 1. The first-order chi connectivity index (χ1) is 14.6. The third-order valence-corrected chi connectivity index (χ3v) is 5.21. The molecular formula is C24H23FN2O3. The van der Waals surface area contributed by atoms with Gasteiger partial charge in [-0.25, -0.2) is 4.39 Å². The molecule has 2 N–H and O–H groups in total. The molecule has 5 nitrogen and oxygen atoms in total. The lowest BCUT2D eigenvalue weighted by molar-refractivity contribution is -0.117. The lowest BCUT2D eigenvalue weighted by Gasteiger charge is -2.13. The van der Waals surface area contributed by atoms with Gasteiger partial charge in [0.2, 0.25) is 5.91 Å². The van der Waals surface area contributed by atoms with Gasteiger partial charge < -0.3 is 20.1 Å². The number of carbonyl (C=O) groups excluding carboxylic acids is 1. The number of amides is 1. The molecule has 0 aliphatic carbocycles. The molecule has 1 fully saturated rings. The standard InChI is InChI=1S/C24H23FN2O3/c1-29-20-8-2-16(3-9-20)17-14-23(26-15-17)24(28)27-19-6-12-22(13-7-19)30-21-10-4-18(25)5-11-21/h2-13,17,23,26H,14-15H2,1H3,(H,27,28)/t17-,23+/m1/s1. The van der Waals surface area contributed by atoms with Gasteiger partial charge in [0.25, 0.3) is 0 Å². The average molecular weight is 406 g/mol. The number of ether oxygens (including phenoxy) is 2. The molecule has 6 heteroatoms. The summed E-state index contributed by atoms with van der Waals surface area (Å²) >= 11 is 0. The zero-order valence-electron chi connectivity index (χ0n) is 16.6. The van der Waals surface area contributed by atoms with E-state index in [9.17, 15) is 9.18 Å². The van der Waals surface area contributed by atoms with Gasteiger partial charge in [0, 0.05) is 12.2 Å². The number of halogens is 1. The molecule has 2 atom stereocenters. The van der Waals surface area contributed by atoms with Crippen LogP contribution in [-0.4, -0.2) is 25.6 Å². The molecule has 0 spiro atoms. The summed E-state index contributed by atoms with van der Waals surface area (Å²) in [5.41, 5.74) is 1.89. The monoisotopic (exact) mass is 406 g/mol. The first-order valence-electron chi connectivity index (χ1n) is 9.82. The first kappa shape index (κ1) is 19.9. The van der Waals surface area contributed by atoms with Gasteiger partial charge in [-0.15, -0.1) is 0 Å². The van der Waals surface area contributed by atoms with E-state index in [2.05, 4.69) is 10.6 Å². The first-order valence-corrected chi connectivity index (χ1v) is 9.82. The molecule has 3 aromatic rings. The molecular weight excluding hydrogens is 383 g/mol. The van der Waals surface area contributed by atoms with Crippen molar-refractivity contribution in [3.8, 4) is 17.2 Å². The van der Waals surface area contributed by atoms with Crippen LogP contribution in [0, 0.1) is 5.82 Å². The van der Waals surface area contributed by atoms with E-state index in [-0.39, 0.29) is 23.7 Å². The van der Waals surface area contributed by atoms with Gasteiger partial charge in [-0.05, 0) is 78.6 Å². The van der Waals surface area contributed by atoms with E-state index in [0.29, 0.717) is 17.2 Å². The Kier molecular flexibility index (Phi) is 5.95. The molecule has 4 rings (SSSR count). The Hall–Kier alpha value is -3.38. The van der Waals surface area contributed by atoms with Crippen molar-refractivity contribution in [1.29, 1.82) is 0 Å². The molecule has 1 amide bonds. The summed E-state index contributed by atoms with van der Waals surface area (Å²) in [6.07, 6.45) is 0.740. The van der Waals surface area contributed by atoms with Crippen molar-refractivity contribution in [1.82, 2.24) is 5.32 Å². The van der Waals surface area contributed by atoms with Crippen LogP contribution in [0.3, 0.4) is 0 Å². The second-order valence-electron chi connectivity index (χ2n) is 7.24. The molecule has 0 saturated carbocycles. The highest BCUT2D eigenvalue weighted by Gasteiger charge is 2.30. The largest absolute Gasteiger partial charge is 0.497 e. The van der Waals surface area contributed by atoms with Crippen molar-refractivity contribution in [3.63, 3.8) is 0 Å². The molecule has 1 aliphatic rings. The number of carbonyl (C=O) groups is 1. The van der Waals surface area contributed by atoms with E-state index in [1.807, 2.05) is 24.3 Å². The number of nitrogens with one attached hydrogen (secondary N) is 2. The quantitative estimate of drug-likeness (QED) is 0.622. The van der Waals surface area contributed by atoms with Crippen molar-refractivity contribution in [3.05, 3.63) is 84.2 Å². The van der Waals surface area contributed by atoms with Crippen LogP contribution in [0.2, 0.25) is 0 Å². The highest BCUT2D eigenvalue weighted by atomic mass is 19.1. The third-order valence-electron chi connectivity index (χ3n) is 5.21. The minimum absolute atomic E-state index is 0.0572. The van der Waals surface area contributed by atoms with E-state index < -0.39 is 0 Å². The maximum atomic E-state index is 13.0. The number of hydrogen-bond donors (Lipinski definition) is 2. The lowest BCUT2D eigenvalue weighted by Crippen LogP contribution is -2.35. The van der Waals surface area contributed by atoms with Gasteiger partial charge in [0.05, 0.1) is 13.2 Å². The summed E-state index contributed by atoms with van der Waals surface area (Å²) in [7, 11) is 1.65. The minimum Gasteiger partial charge on any atom is -0.497 e. The molecule has 0 radical (unpaired) electrons. The number of anilines is 1. The van der Waals surface area contributed by atoms with E-state index in [0.717, 1.165) is 18.7 Å². The second kappa shape index (κ2) is 8.97. The van der Waals surface area contributed by atoms with Crippen LogP contribution in [-0.2, 0) is 4.79 Å². The molecule has 0 aromatic heterocycles. The van der Waals surface area contributed by atoms with E-state index in [4.69, 9.17) is 9.47 Å². The summed E-state index contributed by atoms with van der Waals surface area (Å²) in [6.45, 7) is 0.759. The van der Waals surface area contributed by atoms with Crippen LogP contribution in [0.15, 0.2) is 72.8 Å². The Balaban J connectivity index is 1.31. The fourth-order valence-corrected chi connectivity index (χ4v) is 3.54. The SMILES string of the molecule is COc1ccc([C@H]2CN[C@H](C(=O)Nc3ccc(Oc4ccc(F)cc4)cc3)C2)cc1. The molecule has 1 saturated heterocycles. The number of rotatable bonds is 6. The fraction of sp³-hybridized carbons (Fsp3) is 0.208. The van der Waals surface area contributed by atoms with E-state index in [1.54, 1.807) is 43.5 Å². The average Bonchev–Trinajstić information content (AvgIpc) is 3.27. The molecule has 1 heterocycles. The Morgan fingerprint density at radius 1 is 0.933 bits per heavy atom. The topological polar surface area (TPSA) is 59.6 Å². The zero-order chi connectivity index (χ0) is 20.9. The van der Waals surface area contributed by atoms with Crippen molar-refractivity contribution < 1.29 is 18.7 Å². The van der Waals surface area contributed by atoms with Crippen LogP contribution in [0.4, 0.5) is 10.1 Å². The lowest BCUT2D eigenvalue weighted by atomic mass is 9.96. The molecule has 154 valence electrons. The Morgan fingerprint density at radius 3 is 2.17 bits per heavy atom. The molecule has 3 aromatic carbocycles. The summed E-state index contributed by atoms with van der Waals surface area (Å²) in [4.78, 5) is 12.6. The van der Waals surface area contributed by atoms with Crippen molar-refractivity contribution in [2.45, 2.75) is 18.4 Å². The normalized spacial score (nSPS) is 18.1. The van der Waals surface area contributed by atoms with Crippen molar-refractivity contribution in [2.75, 3.05) is 19.0 Å². The van der Waals surface area contributed by atoms with Crippen LogP contribution in [0.1, 0.15) is 17.9 Å². The Morgan fingerprint density at radius 2 is 1.53 bits per heavy atom. The zero-order valence-corrected chi connectivity index (χ0v) is 16.6. The molecule has 30 heavy (non-hydrogen) atoms. The van der Waals surface area contributed by atoms with Gasteiger partial charge in [0.1, 0.15) is 23.1 Å². The maximum absolute atomic E-state index is 13.0. The Labute approximate surface area is 174 Å². The van der Waals surface area contributed by atoms with Gasteiger partial charge in [-0.3, -0.25) is 4.79 Å². The number of benzene rings is 3. The van der Waals surface area contributed by atoms with E-state index >= 15 is 0 Å². The van der Waals surface area contributed by atoms with Gasteiger partial charge in [-0.1, -0.05) is 12.1 Å².